The van der Waals surface area contributed by atoms with Gasteiger partial charge in [0.05, 0.1) is 4.90 Å². The number of rotatable bonds is 4. The van der Waals surface area contributed by atoms with Crippen LogP contribution in [0.3, 0.4) is 0 Å². The second kappa shape index (κ2) is 7.94. The SMILES string of the molecule is O=S(=O)(c1ccc(NC(=S)Nc2ccc3c(c2)OCO3)cc1)N1CCCCC1. The van der Waals surface area contributed by atoms with E-state index in [0.29, 0.717) is 40.3 Å². The molecule has 4 rings (SSSR count). The van der Waals surface area contributed by atoms with E-state index in [0.717, 1.165) is 24.9 Å². The van der Waals surface area contributed by atoms with Crippen molar-refractivity contribution in [2.24, 2.45) is 0 Å². The highest BCUT2D eigenvalue weighted by molar-refractivity contribution is 7.89. The number of benzene rings is 2. The molecule has 2 heterocycles. The summed E-state index contributed by atoms with van der Waals surface area (Å²) in [4.78, 5) is 0.301. The second-order valence-corrected chi connectivity index (χ2v) is 8.98. The molecule has 2 aromatic carbocycles. The van der Waals surface area contributed by atoms with Crippen molar-refractivity contribution in [3.8, 4) is 11.5 Å². The fraction of sp³-hybridized carbons (Fsp3) is 0.316. The molecule has 0 saturated carbocycles. The first kappa shape index (κ1) is 19.0. The Morgan fingerprint density at radius 3 is 2.29 bits per heavy atom. The molecule has 9 heteroatoms. The molecule has 0 amide bonds. The number of ether oxygens (including phenoxy) is 2. The zero-order valence-electron chi connectivity index (χ0n) is 15.2. The Kier molecular flexibility index (Phi) is 5.38. The maximum absolute atomic E-state index is 12.7. The molecule has 2 aromatic rings. The van der Waals surface area contributed by atoms with Gasteiger partial charge in [-0.3, -0.25) is 0 Å². The molecule has 148 valence electrons. The number of nitrogens with one attached hydrogen (secondary N) is 2. The number of piperidine rings is 1. The highest BCUT2D eigenvalue weighted by atomic mass is 32.2. The van der Waals surface area contributed by atoms with Gasteiger partial charge in [-0.25, -0.2) is 8.42 Å². The van der Waals surface area contributed by atoms with Crippen molar-refractivity contribution >= 4 is 38.7 Å². The number of fused-ring (bicyclic) bond motifs is 1. The van der Waals surface area contributed by atoms with E-state index < -0.39 is 10.0 Å². The smallest absolute Gasteiger partial charge is 0.243 e. The molecule has 2 aliphatic rings. The zero-order chi connectivity index (χ0) is 19.6. The van der Waals surface area contributed by atoms with Crippen LogP contribution >= 0.6 is 12.2 Å². The number of thiocarbonyl (C=S) groups is 1. The second-order valence-electron chi connectivity index (χ2n) is 6.64. The molecule has 28 heavy (non-hydrogen) atoms. The predicted molar refractivity (Wildman–Crippen MR) is 111 cm³/mol. The minimum Gasteiger partial charge on any atom is -0.454 e. The minimum atomic E-state index is -3.43. The van der Waals surface area contributed by atoms with Crippen LogP contribution in [0.1, 0.15) is 19.3 Å². The molecule has 0 aromatic heterocycles. The molecule has 0 radical (unpaired) electrons. The van der Waals surface area contributed by atoms with Crippen LogP contribution in [0.25, 0.3) is 0 Å². The van der Waals surface area contributed by atoms with Gasteiger partial charge < -0.3 is 20.1 Å². The van der Waals surface area contributed by atoms with Crippen molar-refractivity contribution in [2.75, 3.05) is 30.5 Å². The van der Waals surface area contributed by atoms with E-state index in [9.17, 15) is 8.42 Å². The van der Waals surface area contributed by atoms with Gasteiger partial charge in [-0.05, 0) is 61.5 Å². The Morgan fingerprint density at radius 1 is 0.893 bits per heavy atom. The lowest BCUT2D eigenvalue weighted by Gasteiger charge is -2.25. The number of nitrogens with zero attached hydrogens (tertiary/aromatic N) is 1. The summed E-state index contributed by atoms with van der Waals surface area (Å²) in [5.41, 5.74) is 1.47. The van der Waals surface area contributed by atoms with Crippen LogP contribution in [0, 0.1) is 0 Å². The third kappa shape index (κ3) is 4.06. The van der Waals surface area contributed by atoms with E-state index in [4.69, 9.17) is 21.7 Å². The van der Waals surface area contributed by atoms with Gasteiger partial charge in [-0.2, -0.15) is 4.31 Å². The fourth-order valence-electron chi connectivity index (χ4n) is 3.23. The molecular weight excluding hydrogens is 398 g/mol. The van der Waals surface area contributed by atoms with Gasteiger partial charge in [0, 0.05) is 30.5 Å². The largest absolute Gasteiger partial charge is 0.454 e. The van der Waals surface area contributed by atoms with Crippen molar-refractivity contribution in [1.82, 2.24) is 4.31 Å². The molecule has 0 aliphatic carbocycles. The lowest BCUT2D eigenvalue weighted by Crippen LogP contribution is -2.35. The van der Waals surface area contributed by atoms with Crippen LogP contribution in [-0.2, 0) is 10.0 Å². The molecular formula is C19H21N3O4S2. The highest BCUT2D eigenvalue weighted by Crippen LogP contribution is 2.34. The Hall–Kier alpha value is -2.36. The predicted octanol–water partition coefficient (Wildman–Crippen LogP) is 3.40. The van der Waals surface area contributed by atoms with Crippen LogP contribution in [-0.4, -0.2) is 37.7 Å². The maximum Gasteiger partial charge on any atom is 0.243 e. The average Bonchev–Trinajstić information content (AvgIpc) is 3.17. The minimum absolute atomic E-state index is 0.216. The molecule has 0 unspecified atom stereocenters. The van der Waals surface area contributed by atoms with Crippen molar-refractivity contribution in [2.45, 2.75) is 24.2 Å². The van der Waals surface area contributed by atoms with Crippen LogP contribution in [0.15, 0.2) is 47.4 Å². The fourth-order valence-corrected chi connectivity index (χ4v) is 4.99. The quantitative estimate of drug-likeness (QED) is 0.735. The van der Waals surface area contributed by atoms with Crippen molar-refractivity contribution in [1.29, 1.82) is 0 Å². The zero-order valence-corrected chi connectivity index (χ0v) is 16.8. The van der Waals surface area contributed by atoms with Gasteiger partial charge in [-0.15, -0.1) is 0 Å². The third-order valence-corrected chi connectivity index (χ3v) is 6.81. The maximum atomic E-state index is 12.7. The Balaban J connectivity index is 1.39. The Labute approximate surface area is 169 Å². The number of sulfonamides is 1. The molecule has 7 nitrogen and oxygen atoms in total. The average molecular weight is 420 g/mol. The van der Waals surface area contributed by atoms with E-state index in [-0.39, 0.29) is 6.79 Å². The summed E-state index contributed by atoms with van der Waals surface area (Å²) in [5.74, 6) is 1.37. The first-order chi connectivity index (χ1) is 13.5. The standard InChI is InChI=1S/C19H21N3O4S2/c23-28(24,22-10-2-1-3-11-22)16-7-4-14(5-8-16)20-19(27)21-15-6-9-17-18(12-15)26-13-25-17/h4-9,12H,1-3,10-11,13H2,(H2,20,21,27). The summed E-state index contributed by atoms with van der Waals surface area (Å²) in [7, 11) is -3.43. The molecule has 1 saturated heterocycles. The van der Waals surface area contributed by atoms with Crippen LogP contribution < -0.4 is 20.1 Å². The summed E-state index contributed by atoms with van der Waals surface area (Å²) in [6.07, 6.45) is 2.92. The summed E-state index contributed by atoms with van der Waals surface area (Å²) in [5, 5.41) is 6.53. The Bertz CT molecular complexity index is 971. The number of anilines is 2. The van der Waals surface area contributed by atoms with Crippen molar-refractivity contribution < 1.29 is 17.9 Å². The Morgan fingerprint density at radius 2 is 1.54 bits per heavy atom. The third-order valence-electron chi connectivity index (χ3n) is 4.70. The monoisotopic (exact) mass is 419 g/mol. The van der Waals surface area contributed by atoms with Gasteiger partial charge in [-0.1, -0.05) is 6.42 Å². The van der Waals surface area contributed by atoms with Gasteiger partial charge in [0.1, 0.15) is 0 Å². The first-order valence-corrected chi connectivity index (χ1v) is 10.9. The lowest BCUT2D eigenvalue weighted by atomic mass is 10.2. The molecule has 0 bridgehead atoms. The molecule has 2 aliphatic heterocycles. The van der Waals surface area contributed by atoms with Gasteiger partial charge in [0.25, 0.3) is 0 Å². The van der Waals surface area contributed by atoms with Crippen LogP contribution in [0.2, 0.25) is 0 Å². The lowest BCUT2D eigenvalue weighted by molar-refractivity contribution is 0.174. The summed E-state index contributed by atoms with van der Waals surface area (Å²) in [6.45, 7) is 1.39. The molecule has 0 spiro atoms. The van der Waals surface area contributed by atoms with E-state index in [1.807, 2.05) is 18.2 Å². The first-order valence-electron chi connectivity index (χ1n) is 9.10. The van der Waals surface area contributed by atoms with E-state index in [2.05, 4.69) is 10.6 Å². The van der Waals surface area contributed by atoms with Crippen LogP contribution in [0.4, 0.5) is 11.4 Å². The molecule has 0 atom stereocenters. The van der Waals surface area contributed by atoms with Crippen molar-refractivity contribution in [3.05, 3.63) is 42.5 Å². The molecule has 2 N–H and O–H groups in total. The van der Waals surface area contributed by atoms with Crippen molar-refractivity contribution in [3.63, 3.8) is 0 Å². The normalized spacial score (nSPS) is 16.6. The van der Waals surface area contributed by atoms with E-state index in [1.54, 1.807) is 28.6 Å². The summed E-state index contributed by atoms with van der Waals surface area (Å²) >= 11 is 5.33. The topological polar surface area (TPSA) is 79.9 Å². The number of hydrogen-bond acceptors (Lipinski definition) is 5. The van der Waals surface area contributed by atoms with E-state index >= 15 is 0 Å². The molecule has 1 fully saturated rings. The summed E-state index contributed by atoms with van der Waals surface area (Å²) in [6, 6.07) is 12.1. The highest BCUT2D eigenvalue weighted by Gasteiger charge is 2.25. The van der Waals surface area contributed by atoms with Crippen LogP contribution in [0.5, 0.6) is 11.5 Å². The van der Waals surface area contributed by atoms with Gasteiger partial charge in [0.15, 0.2) is 16.6 Å². The summed E-state index contributed by atoms with van der Waals surface area (Å²) < 4.78 is 37.6. The van der Waals surface area contributed by atoms with Gasteiger partial charge >= 0.3 is 0 Å². The van der Waals surface area contributed by atoms with E-state index in [1.165, 1.54) is 0 Å². The van der Waals surface area contributed by atoms with Gasteiger partial charge in [0.2, 0.25) is 16.8 Å². The number of hydrogen-bond donors (Lipinski definition) is 2.